The quantitative estimate of drug-likeness (QED) is 0.568. The van der Waals surface area contributed by atoms with Crippen molar-refractivity contribution in [1.82, 2.24) is 10.2 Å². The molecule has 0 bridgehead atoms. The monoisotopic (exact) mass is 499 g/mol. The Hall–Kier alpha value is -2.87. The van der Waals surface area contributed by atoms with Crippen molar-refractivity contribution in [3.63, 3.8) is 0 Å². The number of carbonyl (C=O) groups is 2. The molecule has 0 aromatic heterocycles. The Morgan fingerprint density at radius 3 is 2.31 bits per heavy atom. The zero-order valence-electron chi connectivity index (χ0n) is 21.4. The summed E-state index contributed by atoms with van der Waals surface area (Å²) in [5.41, 5.74) is 4.06. The fraction of sp³-hybridized carbons (Fsp3) is 0.481. The summed E-state index contributed by atoms with van der Waals surface area (Å²) in [6.07, 6.45) is 5.16. The lowest BCUT2D eigenvalue weighted by atomic mass is 10.1. The first-order valence-corrected chi connectivity index (χ1v) is 14.0. The molecule has 35 heavy (non-hydrogen) atoms. The van der Waals surface area contributed by atoms with E-state index in [0.29, 0.717) is 5.69 Å². The van der Waals surface area contributed by atoms with Crippen molar-refractivity contribution < 1.29 is 18.0 Å². The second-order valence-corrected chi connectivity index (χ2v) is 11.6. The first-order valence-electron chi connectivity index (χ1n) is 12.2. The predicted octanol–water partition coefficient (Wildman–Crippen LogP) is 3.85. The number of amides is 2. The first-order chi connectivity index (χ1) is 16.5. The van der Waals surface area contributed by atoms with Gasteiger partial charge < -0.3 is 10.2 Å². The Balaban J connectivity index is 1.91. The first kappa shape index (κ1) is 26.7. The molecule has 2 aromatic carbocycles. The van der Waals surface area contributed by atoms with Crippen LogP contribution in [0.2, 0.25) is 0 Å². The van der Waals surface area contributed by atoms with Crippen molar-refractivity contribution in [2.24, 2.45) is 0 Å². The minimum absolute atomic E-state index is 0.128. The second kappa shape index (κ2) is 11.2. The van der Waals surface area contributed by atoms with Gasteiger partial charge in [0, 0.05) is 12.6 Å². The van der Waals surface area contributed by atoms with E-state index in [9.17, 15) is 18.0 Å². The van der Waals surface area contributed by atoms with Crippen LogP contribution in [0.15, 0.2) is 42.5 Å². The van der Waals surface area contributed by atoms with Gasteiger partial charge in [-0.25, -0.2) is 8.42 Å². The number of carbonyl (C=O) groups excluding carboxylic acids is 2. The van der Waals surface area contributed by atoms with Gasteiger partial charge in [-0.05, 0) is 63.3 Å². The summed E-state index contributed by atoms with van der Waals surface area (Å²) >= 11 is 0. The minimum atomic E-state index is -3.74. The van der Waals surface area contributed by atoms with E-state index < -0.39 is 22.0 Å². The van der Waals surface area contributed by atoms with E-state index in [-0.39, 0.29) is 25.0 Å². The third kappa shape index (κ3) is 7.07. The number of nitrogens with zero attached hydrogens (tertiary/aromatic N) is 2. The van der Waals surface area contributed by atoms with Crippen molar-refractivity contribution in [2.45, 2.75) is 72.0 Å². The fourth-order valence-corrected chi connectivity index (χ4v) is 5.46. The van der Waals surface area contributed by atoms with Gasteiger partial charge in [0.25, 0.3) is 0 Å². The highest BCUT2D eigenvalue weighted by atomic mass is 32.2. The molecule has 1 aliphatic rings. The summed E-state index contributed by atoms with van der Waals surface area (Å²) in [6, 6.07) is 12.7. The van der Waals surface area contributed by atoms with Gasteiger partial charge in [-0.2, -0.15) is 0 Å². The van der Waals surface area contributed by atoms with Gasteiger partial charge in [0.2, 0.25) is 21.8 Å². The number of benzene rings is 2. The zero-order chi connectivity index (χ0) is 25.8. The number of sulfonamides is 1. The van der Waals surface area contributed by atoms with Crippen molar-refractivity contribution >= 4 is 27.5 Å². The van der Waals surface area contributed by atoms with Crippen LogP contribution in [0.5, 0.6) is 0 Å². The summed E-state index contributed by atoms with van der Waals surface area (Å²) in [4.78, 5) is 28.3. The summed E-state index contributed by atoms with van der Waals surface area (Å²) in [7, 11) is -3.74. The maximum absolute atomic E-state index is 13.7. The van der Waals surface area contributed by atoms with Gasteiger partial charge in [0.15, 0.2) is 0 Å². The Bertz CT molecular complexity index is 1170. The fourth-order valence-electron chi connectivity index (χ4n) is 4.56. The molecule has 190 valence electrons. The number of aryl methyl sites for hydroxylation is 3. The SMILES string of the molecule is Cc1cccc(CN(C(=O)CN(c2cc(C)ccc2C)S(C)(=O)=O)[C@@H](C)C(=O)NC2CCCC2)c1. The number of rotatable bonds is 9. The smallest absolute Gasteiger partial charge is 0.244 e. The normalized spacial score (nSPS) is 15.0. The van der Waals surface area contributed by atoms with Crippen LogP contribution in [-0.4, -0.2) is 50.0 Å². The lowest BCUT2D eigenvalue weighted by Crippen LogP contribution is -2.52. The lowest BCUT2D eigenvalue weighted by molar-refractivity contribution is -0.139. The van der Waals surface area contributed by atoms with E-state index in [2.05, 4.69) is 5.32 Å². The van der Waals surface area contributed by atoms with Gasteiger partial charge in [-0.1, -0.05) is 54.8 Å². The second-order valence-electron chi connectivity index (χ2n) is 9.74. The van der Waals surface area contributed by atoms with E-state index in [1.165, 1.54) is 4.90 Å². The number of hydrogen-bond donors (Lipinski definition) is 1. The van der Waals surface area contributed by atoms with Gasteiger partial charge in [-0.15, -0.1) is 0 Å². The van der Waals surface area contributed by atoms with E-state index in [0.717, 1.165) is 58.5 Å². The van der Waals surface area contributed by atoms with Gasteiger partial charge in [0.05, 0.1) is 11.9 Å². The van der Waals surface area contributed by atoms with Crippen LogP contribution in [0.4, 0.5) is 5.69 Å². The van der Waals surface area contributed by atoms with Crippen molar-refractivity contribution in [3.05, 3.63) is 64.7 Å². The molecular formula is C27H37N3O4S. The topological polar surface area (TPSA) is 86.8 Å². The highest BCUT2D eigenvalue weighted by Gasteiger charge is 2.31. The number of hydrogen-bond acceptors (Lipinski definition) is 4. The van der Waals surface area contributed by atoms with Crippen molar-refractivity contribution in [1.29, 1.82) is 0 Å². The molecule has 0 saturated heterocycles. The molecule has 0 radical (unpaired) electrons. The molecule has 8 heteroatoms. The van der Waals surface area contributed by atoms with Crippen LogP contribution in [0.3, 0.4) is 0 Å². The molecule has 3 rings (SSSR count). The molecule has 0 spiro atoms. The van der Waals surface area contributed by atoms with Crippen LogP contribution in [0.25, 0.3) is 0 Å². The van der Waals surface area contributed by atoms with E-state index in [4.69, 9.17) is 0 Å². The number of nitrogens with one attached hydrogen (secondary N) is 1. The summed E-state index contributed by atoms with van der Waals surface area (Å²) in [5, 5.41) is 3.08. The molecule has 1 fully saturated rings. The third-order valence-electron chi connectivity index (χ3n) is 6.62. The zero-order valence-corrected chi connectivity index (χ0v) is 22.2. The Morgan fingerprint density at radius 1 is 1.03 bits per heavy atom. The van der Waals surface area contributed by atoms with Crippen molar-refractivity contribution in [3.8, 4) is 0 Å². The largest absolute Gasteiger partial charge is 0.352 e. The highest BCUT2D eigenvalue weighted by molar-refractivity contribution is 7.92. The minimum Gasteiger partial charge on any atom is -0.352 e. The highest BCUT2D eigenvalue weighted by Crippen LogP contribution is 2.25. The molecule has 0 aliphatic heterocycles. The van der Waals surface area contributed by atoms with E-state index in [1.54, 1.807) is 13.0 Å². The summed E-state index contributed by atoms with van der Waals surface area (Å²) in [6.45, 7) is 7.21. The Labute approximate surface area is 209 Å². The van der Waals surface area contributed by atoms with Gasteiger partial charge in [0.1, 0.15) is 12.6 Å². The van der Waals surface area contributed by atoms with Crippen LogP contribution in [0, 0.1) is 20.8 Å². The maximum atomic E-state index is 13.7. The molecule has 1 atom stereocenters. The Kier molecular flexibility index (Phi) is 8.59. The third-order valence-corrected chi connectivity index (χ3v) is 7.74. The molecule has 1 saturated carbocycles. The molecule has 0 heterocycles. The maximum Gasteiger partial charge on any atom is 0.244 e. The molecule has 7 nitrogen and oxygen atoms in total. The average Bonchev–Trinajstić information content (AvgIpc) is 3.29. The molecule has 1 aliphatic carbocycles. The molecular weight excluding hydrogens is 462 g/mol. The Morgan fingerprint density at radius 2 is 1.69 bits per heavy atom. The van der Waals surface area contributed by atoms with Crippen molar-refractivity contribution in [2.75, 3.05) is 17.1 Å². The lowest BCUT2D eigenvalue weighted by Gasteiger charge is -2.32. The summed E-state index contributed by atoms with van der Waals surface area (Å²) in [5.74, 6) is -0.637. The van der Waals surface area contributed by atoms with Gasteiger partial charge >= 0.3 is 0 Å². The number of anilines is 1. The van der Waals surface area contributed by atoms with Crippen LogP contribution < -0.4 is 9.62 Å². The predicted molar refractivity (Wildman–Crippen MR) is 140 cm³/mol. The molecule has 0 unspecified atom stereocenters. The molecule has 2 amide bonds. The van der Waals surface area contributed by atoms with E-state index >= 15 is 0 Å². The summed E-state index contributed by atoms with van der Waals surface area (Å²) < 4.78 is 26.7. The van der Waals surface area contributed by atoms with Crippen LogP contribution in [0.1, 0.15) is 54.9 Å². The average molecular weight is 500 g/mol. The van der Waals surface area contributed by atoms with Crippen LogP contribution in [-0.2, 0) is 26.2 Å². The van der Waals surface area contributed by atoms with Gasteiger partial charge in [-0.3, -0.25) is 13.9 Å². The van der Waals surface area contributed by atoms with E-state index in [1.807, 2.05) is 57.2 Å². The molecule has 1 N–H and O–H groups in total. The molecule has 2 aromatic rings. The standard InChI is InChI=1S/C27H37N3O4S/c1-19-9-8-10-23(15-19)17-29(22(4)27(32)28-24-11-6-7-12-24)26(31)18-30(35(5,33)34)25-16-20(2)13-14-21(25)3/h8-10,13-16,22,24H,6-7,11-12,17-18H2,1-5H3,(H,28,32)/t22-/m0/s1. The van der Waals surface area contributed by atoms with Crippen LogP contribution >= 0.6 is 0 Å².